The molecule has 2 aromatic rings. The van der Waals surface area contributed by atoms with Crippen LogP contribution in [0.4, 0.5) is 0 Å². The molecule has 13 nitrogen and oxygen atoms in total. The lowest BCUT2D eigenvalue weighted by molar-refractivity contribution is -0.141. The predicted octanol–water partition coefficient (Wildman–Crippen LogP) is -0.348. The molecule has 0 saturated heterocycles. The number of phenols is 1. The maximum Gasteiger partial charge on any atom is 0.326 e. The van der Waals surface area contributed by atoms with Crippen molar-refractivity contribution in [1.29, 1.82) is 0 Å². The summed E-state index contributed by atoms with van der Waals surface area (Å²) in [5.74, 6) is -2.75. The van der Waals surface area contributed by atoms with E-state index in [0.29, 0.717) is 24.0 Å². The maximum absolute atomic E-state index is 13.1. The molecule has 0 aromatic heterocycles. The first-order valence-electron chi connectivity index (χ1n) is 14.2. The van der Waals surface area contributed by atoms with Gasteiger partial charge in [-0.05, 0) is 61.0 Å². The second-order valence-corrected chi connectivity index (χ2v) is 11.2. The highest BCUT2D eigenvalue weighted by Gasteiger charge is 2.26. The average molecular weight is 631 g/mol. The average Bonchev–Trinajstić information content (AvgIpc) is 3.01. The van der Waals surface area contributed by atoms with Crippen LogP contribution in [0, 0.1) is 0 Å². The Labute approximate surface area is 260 Å². The lowest BCUT2D eigenvalue weighted by atomic mass is 10.0. The third-order valence-corrected chi connectivity index (χ3v) is 7.28. The van der Waals surface area contributed by atoms with E-state index in [4.69, 9.17) is 11.5 Å². The van der Waals surface area contributed by atoms with E-state index < -0.39 is 54.4 Å². The number of aliphatic carboxylic acids is 1. The SMILES string of the molecule is CSCC[C@H](N)C(=O)NCCC[C@@H](NC(=O)[C@@H](N)Cc1ccc(O)cc1)C(=O)NCC(=O)N[C@@H](Cc1ccccc1)C(=O)O. The Kier molecular flexibility index (Phi) is 15.7. The quantitative estimate of drug-likeness (QED) is 0.0942. The van der Waals surface area contributed by atoms with Crippen molar-refractivity contribution in [1.82, 2.24) is 21.3 Å². The molecule has 0 spiro atoms. The Morgan fingerprint density at radius 3 is 2.07 bits per heavy atom. The van der Waals surface area contributed by atoms with Crippen molar-refractivity contribution in [3.8, 4) is 5.75 Å². The van der Waals surface area contributed by atoms with Gasteiger partial charge in [-0.15, -0.1) is 0 Å². The fourth-order valence-electron chi connectivity index (χ4n) is 4.14. The molecule has 0 saturated carbocycles. The number of carboxylic acids is 1. The zero-order valence-corrected chi connectivity index (χ0v) is 25.5. The van der Waals surface area contributed by atoms with Gasteiger partial charge in [-0.1, -0.05) is 42.5 Å². The van der Waals surface area contributed by atoms with Crippen molar-refractivity contribution < 1.29 is 34.2 Å². The van der Waals surface area contributed by atoms with Gasteiger partial charge in [-0.25, -0.2) is 4.79 Å². The number of thioether (sulfide) groups is 1. The molecule has 240 valence electrons. The summed E-state index contributed by atoms with van der Waals surface area (Å²) in [6, 6.07) is 11.0. The van der Waals surface area contributed by atoms with Gasteiger partial charge < -0.3 is 42.9 Å². The summed E-state index contributed by atoms with van der Waals surface area (Å²) in [5.41, 5.74) is 13.4. The summed E-state index contributed by atoms with van der Waals surface area (Å²) in [6.45, 7) is -0.324. The molecule has 2 aromatic carbocycles. The Morgan fingerprint density at radius 1 is 0.773 bits per heavy atom. The van der Waals surface area contributed by atoms with E-state index >= 15 is 0 Å². The molecule has 0 aliphatic carbocycles. The first-order valence-corrected chi connectivity index (χ1v) is 15.6. The fraction of sp³-hybridized carbons (Fsp3) is 0.433. The molecule has 0 bridgehead atoms. The van der Waals surface area contributed by atoms with E-state index in [1.165, 1.54) is 12.1 Å². The first kappa shape index (κ1) is 36.1. The van der Waals surface area contributed by atoms with Gasteiger partial charge in [0.05, 0.1) is 18.6 Å². The Hall–Kier alpha value is -4.14. The number of carboxylic acid groups (broad SMARTS) is 1. The van der Waals surface area contributed by atoms with Crippen LogP contribution in [0.15, 0.2) is 54.6 Å². The van der Waals surface area contributed by atoms with Gasteiger partial charge in [0.1, 0.15) is 17.8 Å². The van der Waals surface area contributed by atoms with Crippen molar-refractivity contribution in [2.24, 2.45) is 11.5 Å². The van der Waals surface area contributed by atoms with Crippen LogP contribution in [0.25, 0.3) is 0 Å². The summed E-state index contributed by atoms with van der Waals surface area (Å²) < 4.78 is 0. The van der Waals surface area contributed by atoms with Crippen LogP contribution in [0.2, 0.25) is 0 Å². The molecule has 44 heavy (non-hydrogen) atoms. The van der Waals surface area contributed by atoms with Gasteiger partial charge in [0.15, 0.2) is 0 Å². The van der Waals surface area contributed by atoms with Crippen molar-refractivity contribution in [2.75, 3.05) is 25.1 Å². The normalized spacial score (nSPS) is 13.5. The largest absolute Gasteiger partial charge is 0.508 e. The second-order valence-electron chi connectivity index (χ2n) is 10.2. The van der Waals surface area contributed by atoms with Crippen LogP contribution in [-0.4, -0.2) is 89.1 Å². The molecule has 10 N–H and O–H groups in total. The van der Waals surface area contributed by atoms with Crippen molar-refractivity contribution in [2.45, 2.75) is 56.3 Å². The standard InChI is InChI=1S/C30H42N6O7S/c1-44-15-13-22(31)27(39)33-14-5-8-24(36-28(40)23(32)16-20-9-11-21(37)12-10-20)29(41)34-18-26(38)35-25(30(42)43)17-19-6-3-2-4-7-19/h2-4,6-7,9-12,22-25,37H,5,8,13-18,31-32H2,1H3,(H,33,39)(H,34,41)(H,35,38)(H,36,40)(H,42,43)/t22-,23-,24+,25-/m0/s1. The fourth-order valence-corrected chi connectivity index (χ4v) is 4.63. The van der Waals surface area contributed by atoms with Gasteiger partial charge in [0, 0.05) is 13.0 Å². The number of benzene rings is 2. The minimum absolute atomic E-state index is 0.0557. The smallest absolute Gasteiger partial charge is 0.326 e. The van der Waals surface area contributed by atoms with E-state index in [9.17, 15) is 34.2 Å². The van der Waals surface area contributed by atoms with Crippen molar-refractivity contribution in [3.05, 3.63) is 65.7 Å². The minimum Gasteiger partial charge on any atom is -0.508 e. The summed E-state index contributed by atoms with van der Waals surface area (Å²) in [4.78, 5) is 62.4. The molecule has 2 rings (SSSR count). The maximum atomic E-state index is 13.1. The number of carbonyl (C=O) groups is 5. The predicted molar refractivity (Wildman–Crippen MR) is 168 cm³/mol. The summed E-state index contributed by atoms with van der Waals surface area (Å²) in [6.07, 6.45) is 3.04. The van der Waals surface area contributed by atoms with E-state index in [1.807, 2.05) is 6.26 Å². The van der Waals surface area contributed by atoms with Gasteiger partial charge in [0.2, 0.25) is 23.6 Å². The lowest BCUT2D eigenvalue weighted by Crippen LogP contribution is -2.54. The molecule has 0 aliphatic heterocycles. The Balaban J connectivity index is 1.98. The number of hydrogen-bond donors (Lipinski definition) is 8. The summed E-state index contributed by atoms with van der Waals surface area (Å²) in [7, 11) is 0. The van der Waals surface area contributed by atoms with Crippen LogP contribution in [-0.2, 0) is 36.8 Å². The lowest BCUT2D eigenvalue weighted by Gasteiger charge is -2.21. The number of hydrogen-bond acceptors (Lipinski definition) is 9. The zero-order chi connectivity index (χ0) is 32.5. The zero-order valence-electron chi connectivity index (χ0n) is 24.7. The number of amides is 4. The minimum atomic E-state index is -1.23. The molecule has 4 atom stereocenters. The molecule has 0 fully saturated rings. The van der Waals surface area contributed by atoms with Gasteiger partial charge in [0.25, 0.3) is 0 Å². The van der Waals surface area contributed by atoms with Crippen molar-refractivity contribution in [3.63, 3.8) is 0 Å². The summed E-state index contributed by atoms with van der Waals surface area (Å²) >= 11 is 1.58. The number of aromatic hydroxyl groups is 1. The van der Waals surface area contributed by atoms with Crippen LogP contribution >= 0.6 is 11.8 Å². The third kappa shape index (κ3) is 13.4. The molecule has 0 radical (unpaired) electrons. The topological polar surface area (TPSA) is 226 Å². The van der Waals surface area contributed by atoms with Crippen LogP contribution < -0.4 is 32.7 Å². The molecule has 0 unspecified atom stereocenters. The van der Waals surface area contributed by atoms with Crippen LogP contribution in [0.1, 0.15) is 30.4 Å². The number of nitrogens with two attached hydrogens (primary N) is 2. The number of rotatable bonds is 19. The van der Waals surface area contributed by atoms with Crippen molar-refractivity contribution >= 4 is 41.4 Å². The van der Waals surface area contributed by atoms with E-state index in [1.54, 1.807) is 54.2 Å². The van der Waals surface area contributed by atoms with Crippen LogP contribution in [0.3, 0.4) is 0 Å². The van der Waals surface area contributed by atoms with Gasteiger partial charge >= 0.3 is 5.97 Å². The van der Waals surface area contributed by atoms with Gasteiger partial charge in [-0.2, -0.15) is 11.8 Å². The van der Waals surface area contributed by atoms with Crippen LogP contribution in [0.5, 0.6) is 5.75 Å². The third-order valence-electron chi connectivity index (χ3n) is 6.64. The second kappa shape index (κ2) is 19.2. The molecule has 4 amide bonds. The first-order chi connectivity index (χ1) is 21.0. The van der Waals surface area contributed by atoms with Gasteiger partial charge in [-0.3, -0.25) is 19.2 Å². The highest BCUT2D eigenvalue weighted by molar-refractivity contribution is 7.98. The van der Waals surface area contributed by atoms with E-state index in [-0.39, 0.29) is 37.5 Å². The molecular formula is C30H42N6O7S. The molecule has 0 heterocycles. The highest BCUT2D eigenvalue weighted by atomic mass is 32.2. The molecule has 0 aliphatic rings. The summed E-state index contributed by atoms with van der Waals surface area (Å²) in [5, 5.41) is 29.2. The Bertz CT molecular complexity index is 1230. The number of nitrogens with one attached hydrogen (secondary N) is 4. The Morgan fingerprint density at radius 2 is 1.43 bits per heavy atom. The highest BCUT2D eigenvalue weighted by Crippen LogP contribution is 2.11. The molecule has 14 heteroatoms. The monoisotopic (exact) mass is 630 g/mol. The number of phenolic OH excluding ortho intramolecular Hbond substituents is 1. The number of carbonyl (C=O) groups excluding carboxylic acids is 4. The van der Waals surface area contributed by atoms with E-state index in [2.05, 4.69) is 21.3 Å². The molecular weight excluding hydrogens is 588 g/mol. The van der Waals surface area contributed by atoms with E-state index in [0.717, 1.165) is 5.75 Å².